The number of hydrogen-bond donors (Lipinski definition) is 2. The summed E-state index contributed by atoms with van der Waals surface area (Å²) in [6.07, 6.45) is 1.52. The lowest BCUT2D eigenvalue weighted by Gasteiger charge is -2.18. The first kappa shape index (κ1) is 17.3. The summed E-state index contributed by atoms with van der Waals surface area (Å²) in [6.45, 7) is 2.56. The van der Waals surface area contributed by atoms with Gasteiger partial charge in [-0.15, -0.1) is 0 Å². The third-order valence-electron chi connectivity index (χ3n) is 4.14. The van der Waals surface area contributed by atoms with Gasteiger partial charge < -0.3 is 15.5 Å². The Hall–Kier alpha value is -2.53. The summed E-state index contributed by atoms with van der Waals surface area (Å²) in [5.74, 6) is 0.0255. The maximum absolute atomic E-state index is 12.3. The number of carbonyl (C=O) groups excluding carboxylic acids is 2. The van der Waals surface area contributed by atoms with Crippen molar-refractivity contribution in [2.45, 2.75) is 25.8 Å². The summed E-state index contributed by atoms with van der Waals surface area (Å²) >= 11 is 5.84. The van der Waals surface area contributed by atoms with Crippen LogP contribution in [-0.2, 0) is 9.59 Å². The molecule has 0 spiro atoms. The highest BCUT2D eigenvalue weighted by Crippen LogP contribution is 2.23. The van der Waals surface area contributed by atoms with E-state index >= 15 is 0 Å². The Morgan fingerprint density at radius 3 is 2.32 bits per heavy atom. The first-order valence-electron chi connectivity index (χ1n) is 8.26. The quantitative estimate of drug-likeness (QED) is 0.853. The fourth-order valence-corrected chi connectivity index (χ4v) is 2.88. The lowest BCUT2D eigenvalue weighted by atomic mass is 10.2. The number of nitrogens with zero attached hydrogens (tertiary/aromatic N) is 1. The van der Waals surface area contributed by atoms with E-state index in [-0.39, 0.29) is 11.8 Å². The Morgan fingerprint density at radius 1 is 1.08 bits per heavy atom. The van der Waals surface area contributed by atoms with Crippen molar-refractivity contribution in [3.8, 4) is 0 Å². The summed E-state index contributed by atoms with van der Waals surface area (Å²) < 4.78 is 0. The lowest BCUT2D eigenvalue weighted by molar-refractivity contribution is -0.117. The van der Waals surface area contributed by atoms with Crippen LogP contribution in [0.15, 0.2) is 48.5 Å². The van der Waals surface area contributed by atoms with E-state index in [9.17, 15) is 9.59 Å². The van der Waals surface area contributed by atoms with Crippen LogP contribution >= 0.6 is 11.6 Å². The van der Waals surface area contributed by atoms with Crippen LogP contribution in [0.2, 0.25) is 5.02 Å². The fourth-order valence-electron chi connectivity index (χ4n) is 2.76. The van der Waals surface area contributed by atoms with Crippen molar-refractivity contribution in [1.29, 1.82) is 0 Å². The smallest absolute Gasteiger partial charge is 0.246 e. The van der Waals surface area contributed by atoms with Gasteiger partial charge in [0.2, 0.25) is 11.8 Å². The van der Waals surface area contributed by atoms with Crippen molar-refractivity contribution in [3.05, 3.63) is 53.6 Å². The molecule has 1 heterocycles. The summed E-state index contributed by atoms with van der Waals surface area (Å²) in [6, 6.07) is 14.1. The number of nitrogens with one attached hydrogen (secondary N) is 2. The van der Waals surface area contributed by atoms with Crippen molar-refractivity contribution in [3.63, 3.8) is 0 Å². The van der Waals surface area contributed by atoms with Crippen molar-refractivity contribution >= 4 is 40.5 Å². The Morgan fingerprint density at radius 2 is 1.72 bits per heavy atom. The van der Waals surface area contributed by atoms with Crippen LogP contribution in [0, 0.1) is 0 Å². The molecule has 2 amide bonds. The average molecular weight is 358 g/mol. The number of amides is 2. The molecule has 3 rings (SSSR count). The zero-order chi connectivity index (χ0) is 17.8. The van der Waals surface area contributed by atoms with Crippen molar-refractivity contribution in [2.75, 3.05) is 22.1 Å². The minimum Gasteiger partial charge on any atom is -0.374 e. The van der Waals surface area contributed by atoms with E-state index in [1.807, 2.05) is 24.3 Å². The SMILES string of the molecule is CC(Nc1ccc(N2CCCC2=O)cc1)C(=O)Nc1ccc(Cl)cc1. The van der Waals surface area contributed by atoms with E-state index in [4.69, 9.17) is 11.6 Å². The van der Waals surface area contributed by atoms with E-state index in [0.717, 1.165) is 24.3 Å². The van der Waals surface area contributed by atoms with Crippen LogP contribution in [0.3, 0.4) is 0 Å². The van der Waals surface area contributed by atoms with Crippen LogP contribution in [0.25, 0.3) is 0 Å². The minimum absolute atomic E-state index is 0.138. The largest absolute Gasteiger partial charge is 0.374 e. The van der Waals surface area contributed by atoms with Gasteiger partial charge in [0.15, 0.2) is 0 Å². The number of hydrogen-bond acceptors (Lipinski definition) is 3. The first-order chi connectivity index (χ1) is 12.0. The predicted molar refractivity (Wildman–Crippen MR) is 101 cm³/mol. The second kappa shape index (κ2) is 7.57. The van der Waals surface area contributed by atoms with Gasteiger partial charge in [-0.25, -0.2) is 0 Å². The Bertz CT molecular complexity index is 759. The Balaban J connectivity index is 1.58. The number of halogens is 1. The van der Waals surface area contributed by atoms with Crippen LogP contribution in [0.4, 0.5) is 17.1 Å². The van der Waals surface area contributed by atoms with E-state index < -0.39 is 6.04 Å². The van der Waals surface area contributed by atoms with E-state index in [1.165, 1.54) is 0 Å². The van der Waals surface area contributed by atoms with Gasteiger partial charge in [-0.1, -0.05) is 11.6 Å². The highest BCUT2D eigenvalue weighted by Gasteiger charge is 2.21. The molecule has 0 bridgehead atoms. The van der Waals surface area contributed by atoms with Crippen LogP contribution < -0.4 is 15.5 Å². The molecule has 5 nitrogen and oxygen atoms in total. The molecule has 1 atom stereocenters. The molecular formula is C19H20ClN3O2. The topological polar surface area (TPSA) is 61.4 Å². The van der Waals surface area contributed by atoms with Gasteiger partial charge in [-0.05, 0) is 61.9 Å². The normalized spacial score (nSPS) is 15.1. The molecule has 2 aromatic rings. The Kier molecular flexibility index (Phi) is 5.24. The molecule has 0 radical (unpaired) electrons. The highest BCUT2D eigenvalue weighted by atomic mass is 35.5. The maximum atomic E-state index is 12.3. The Labute approximate surface area is 152 Å². The first-order valence-corrected chi connectivity index (χ1v) is 8.64. The molecule has 130 valence electrons. The zero-order valence-corrected chi connectivity index (χ0v) is 14.7. The molecule has 6 heteroatoms. The van der Waals surface area contributed by atoms with Gasteiger partial charge in [0, 0.05) is 35.1 Å². The number of benzene rings is 2. The van der Waals surface area contributed by atoms with E-state index in [2.05, 4.69) is 10.6 Å². The maximum Gasteiger partial charge on any atom is 0.246 e. The zero-order valence-electron chi connectivity index (χ0n) is 14.0. The van der Waals surface area contributed by atoms with Gasteiger partial charge >= 0.3 is 0 Å². The number of carbonyl (C=O) groups is 2. The minimum atomic E-state index is -0.407. The van der Waals surface area contributed by atoms with Gasteiger partial charge in [0.1, 0.15) is 6.04 Å². The third kappa shape index (κ3) is 4.31. The van der Waals surface area contributed by atoms with Crippen LogP contribution in [-0.4, -0.2) is 24.4 Å². The molecule has 0 saturated carbocycles. The van der Waals surface area contributed by atoms with Gasteiger partial charge in [0.25, 0.3) is 0 Å². The second-order valence-electron chi connectivity index (χ2n) is 6.06. The van der Waals surface area contributed by atoms with Crippen molar-refractivity contribution in [2.24, 2.45) is 0 Å². The van der Waals surface area contributed by atoms with Crippen LogP contribution in [0.5, 0.6) is 0 Å². The summed E-state index contributed by atoms with van der Waals surface area (Å²) in [7, 11) is 0. The second-order valence-corrected chi connectivity index (χ2v) is 6.49. The van der Waals surface area contributed by atoms with Crippen molar-refractivity contribution < 1.29 is 9.59 Å². The fraction of sp³-hybridized carbons (Fsp3) is 0.263. The molecule has 1 saturated heterocycles. The van der Waals surface area contributed by atoms with E-state index in [0.29, 0.717) is 17.1 Å². The molecule has 1 aliphatic heterocycles. The molecule has 1 fully saturated rings. The van der Waals surface area contributed by atoms with Gasteiger partial charge in [-0.3, -0.25) is 9.59 Å². The predicted octanol–water partition coefficient (Wildman–Crippen LogP) is 3.91. The van der Waals surface area contributed by atoms with Crippen LogP contribution in [0.1, 0.15) is 19.8 Å². The molecule has 0 aliphatic carbocycles. The number of rotatable bonds is 5. The molecule has 2 aromatic carbocycles. The molecule has 1 aliphatic rings. The standard InChI is InChI=1S/C19H20ClN3O2/c1-13(19(25)22-16-6-4-14(20)5-7-16)21-15-8-10-17(11-9-15)23-12-2-3-18(23)24/h4-11,13,21H,2-3,12H2,1H3,(H,22,25). The summed E-state index contributed by atoms with van der Waals surface area (Å²) in [4.78, 5) is 25.8. The molecule has 1 unspecified atom stereocenters. The van der Waals surface area contributed by atoms with E-state index in [1.54, 1.807) is 36.1 Å². The third-order valence-corrected chi connectivity index (χ3v) is 4.39. The summed E-state index contributed by atoms with van der Waals surface area (Å²) in [5, 5.41) is 6.62. The summed E-state index contributed by atoms with van der Waals surface area (Å²) in [5.41, 5.74) is 2.42. The molecule has 25 heavy (non-hydrogen) atoms. The van der Waals surface area contributed by atoms with Crippen molar-refractivity contribution in [1.82, 2.24) is 0 Å². The molecule has 2 N–H and O–H groups in total. The monoisotopic (exact) mass is 357 g/mol. The number of anilines is 3. The van der Waals surface area contributed by atoms with Gasteiger partial charge in [-0.2, -0.15) is 0 Å². The molecular weight excluding hydrogens is 338 g/mol. The molecule has 0 aromatic heterocycles. The highest BCUT2D eigenvalue weighted by molar-refractivity contribution is 6.30. The van der Waals surface area contributed by atoms with Gasteiger partial charge in [0.05, 0.1) is 0 Å². The lowest BCUT2D eigenvalue weighted by Crippen LogP contribution is -2.31. The average Bonchev–Trinajstić information content (AvgIpc) is 3.03.